The number of hydrogen-bond acceptors (Lipinski definition) is 1. The Bertz CT molecular complexity index is 867. The predicted molar refractivity (Wildman–Crippen MR) is 125 cm³/mol. The van der Waals surface area contributed by atoms with Crippen molar-refractivity contribution >= 4 is 17.7 Å². The summed E-state index contributed by atoms with van der Waals surface area (Å²) in [5.74, 6) is 0.474. The van der Waals surface area contributed by atoms with Crippen molar-refractivity contribution in [2.24, 2.45) is 5.92 Å². The van der Waals surface area contributed by atoms with Crippen LogP contribution in [0.25, 0.3) is 0 Å². The Morgan fingerprint density at radius 1 is 0.767 bits per heavy atom. The summed E-state index contributed by atoms with van der Waals surface area (Å²) in [7, 11) is 0. The second kappa shape index (κ2) is 10.1. The first-order chi connectivity index (χ1) is 14.8. The minimum absolute atomic E-state index is 0.0283. The zero-order valence-electron chi connectivity index (χ0n) is 17.7. The normalized spacial score (nSPS) is 17.9. The van der Waals surface area contributed by atoms with Gasteiger partial charge in [0, 0.05) is 0 Å². The Hall–Kier alpha value is -2.30. The van der Waals surface area contributed by atoms with E-state index in [1.54, 1.807) is 0 Å². The molecule has 2 atom stereocenters. The van der Waals surface area contributed by atoms with Gasteiger partial charge in [0.05, 0.1) is 0 Å². The zero-order valence-corrected chi connectivity index (χ0v) is 17.7. The van der Waals surface area contributed by atoms with Crippen LogP contribution in [-0.2, 0) is 10.3 Å². The molecule has 2 unspecified atom stereocenters. The molecular formula is C28H27LiO. The Labute approximate surface area is 189 Å². The number of hydrogen-bond donors (Lipinski definition) is 0. The van der Waals surface area contributed by atoms with Gasteiger partial charge in [-0.15, -0.1) is 0 Å². The summed E-state index contributed by atoms with van der Waals surface area (Å²) in [6.45, 7) is 0. The van der Waals surface area contributed by atoms with Crippen LogP contribution in [0.15, 0.2) is 114 Å². The van der Waals surface area contributed by atoms with Crippen molar-refractivity contribution in [3.05, 3.63) is 131 Å². The van der Waals surface area contributed by atoms with E-state index in [1.165, 1.54) is 0 Å². The Balaban J connectivity index is 1.91. The van der Waals surface area contributed by atoms with Crippen molar-refractivity contribution < 1.29 is 4.74 Å². The molecule has 2 heteroatoms. The first-order valence-corrected chi connectivity index (χ1v) is 11.0. The molecule has 4 rings (SSSR count). The molecule has 1 aliphatic carbocycles. The van der Waals surface area contributed by atoms with Crippen LogP contribution in [0.3, 0.4) is 0 Å². The molecule has 30 heavy (non-hydrogen) atoms. The van der Waals surface area contributed by atoms with Crippen LogP contribution in [-0.4, -0.2) is 23.8 Å². The molecule has 0 radical (unpaired) electrons. The summed E-state index contributed by atoms with van der Waals surface area (Å²) >= 11 is 2.09. The van der Waals surface area contributed by atoms with Crippen LogP contribution in [0.1, 0.15) is 36.0 Å². The van der Waals surface area contributed by atoms with Gasteiger partial charge < -0.3 is 0 Å². The van der Waals surface area contributed by atoms with Crippen molar-refractivity contribution in [2.75, 3.05) is 0 Å². The summed E-state index contributed by atoms with van der Waals surface area (Å²) in [4.78, 5) is 0. The fourth-order valence-electron chi connectivity index (χ4n) is 4.52. The van der Waals surface area contributed by atoms with E-state index in [4.69, 9.17) is 4.74 Å². The number of ether oxygens (including phenoxy) is 1. The summed E-state index contributed by atoms with van der Waals surface area (Å²) in [5.41, 5.74) is 2.80. The number of allylic oxidation sites excluding steroid dienone is 2. The van der Waals surface area contributed by atoms with Crippen LogP contribution in [0.5, 0.6) is 0 Å². The maximum atomic E-state index is 7.26. The first-order valence-electron chi connectivity index (χ1n) is 11.0. The molecule has 1 aliphatic rings. The van der Waals surface area contributed by atoms with E-state index in [0.717, 1.165) is 36.0 Å². The van der Waals surface area contributed by atoms with Crippen molar-refractivity contribution in [1.82, 2.24) is 0 Å². The Morgan fingerprint density at radius 2 is 1.27 bits per heavy atom. The molecule has 0 bridgehead atoms. The third kappa shape index (κ3) is 4.40. The standard InChI is InChI=1S/C28H27O.Li/c1-2-27(23-15-7-3-8-16-23)29-28(24-17-9-4-10-18-24,25-19-11-5-12-20-25)26-21-13-6-14-22-26;/h1-7,9-14,17-23,27H,8,15-16H2;. The van der Waals surface area contributed by atoms with Crippen LogP contribution in [0.2, 0.25) is 0 Å². The molecule has 146 valence electrons. The molecule has 3 aromatic rings. The number of benzene rings is 3. The van der Waals surface area contributed by atoms with E-state index in [9.17, 15) is 0 Å². The molecule has 0 aliphatic heterocycles. The van der Waals surface area contributed by atoms with Gasteiger partial charge in [-0.3, -0.25) is 0 Å². The van der Waals surface area contributed by atoms with Gasteiger partial charge in [-0.2, -0.15) is 0 Å². The second-order valence-electron chi connectivity index (χ2n) is 7.93. The summed E-state index contributed by atoms with van der Waals surface area (Å²) < 4.78 is 9.39. The molecule has 1 nitrogen and oxygen atoms in total. The topological polar surface area (TPSA) is 9.23 Å². The third-order valence-electron chi connectivity index (χ3n) is 6.01. The second-order valence-corrected chi connectivity index (χ2v) is 7.93. The molecular weight excluding hydrogens is 359 g/mol. The minimum atomic E-state index is -0.672. The molecule has 3 aromatic carbocycles. The fourth-order valence-corrected chi connectivity index (χ4v) is 4.52. The van der Waals surface area contributed by atoms with Crippen molar-refractivity contribution in [2.45, 2.75) is 31.0 Å². The fraction of sp³-hybridized carbons (Fsp3) is 0.214. The Kier molecular flexibility index (Phi) is 7.08. The molecule has 0 N–H and O–H groups in total. The van der Waals surface area contributed by atoms with Gasteiger partial charge >= 0.3 is 190 Å². The predicted octanol–water partition coefficient (Wildman–Crippen LogP) is 6.40. The van der Waals surface area contributed by atoms with Gasteiger partial charge in [-0.05, 0) is 0 Å². The molecule has 0 amide bonds. The van der Waals surface area contributed by atoms with Gasteiger partial charge in [0.25, 0.3) is 0 Å². The monoisotopic (exact) mass is 386 g/mol. The zero-order chi connectivity index (χ0) is 20.7. The molecule has 0 spiro atoms. The van der Waals surface area contributed by atoms with E-state index in [-0.39, 0.29) is 6.10 Å². The van der Waals surface area contributed by atoms with E-state index < -0.39 is 5.60 Å². The quantitative estimate of drug-likeness (QED) is 0.259. The molecule has 0 saturated heterocycles. The van der Waals surface area contributed by atoms with Gasteiger partial charge in [-0.25, -0.2) is 0 Å². The summed E-state index contributed by atoms with van der Waals surface area (Å²) in [5, 5.41) is 0. The van der Waals surface area contributed by atoms with Crippen molar-refractivity contribution in [1.29, 1.82) is 0 Å². The molecule has 0 fully saturated rings. The van der Waals surface area contributed by atoms with Gasteiger partial charge in [0.2, 0.25) is 0 Å². The number of rotatable bonds is 7. The average Bonchev–Trinajstić information content (AvgIpc) is 2.84. The summed E-state index contributed by atoms with van der Waals surface area (Å²) in [6.07, 6.45) is 10.2. The van der Waals surface area contributed by atoms with Crippen LogP contribution >= 0.6 is 0 Å². The van der Waals surface area contributed by atoms with Gasteiger partial charge in [0.1, 0.15) is 0 Å². The van der Waals surface area contributed by atoms with Gasteiger partial charge in [-0.1, -0.05) is 0 Å². The van der Waals surface area contributed by atoms with Crippen molar-refractivity contribution in [3.63, 3.8) is 0 Å². The molecule has 0 aromatic heterocycles. The Morgan fingerprint density at radius 3 is 1.67 bits per heavy atom. The van der Waals surface area contributed by atoms with Crippen LogP contribution < -0.4 is 0 Å². The van der Waals surface area contributed by atoms with Crippen molar-refractivity contribution in [3.8, 4) is 0 Å². The van der Waals surface area contributed by atoms with Crippen LogP contribution in [0.4, 0.5) is 0 Å². The van der Waals surface area contributed by atoms with Crippen LogP contribution in [0, 0.1) is 5.92 Å². The van der Waals surface area contributed by atoms with E-state index >= 15 is 0 Å². The van der Waals surface area contributed by atoms with E-state index in [0.29, 0.717) is 5.92 Å². The summed E-state index contributed by atoms with van der Waals surface area (Å²) in [6, 6.07) is 32.0. The van der Waals surface area contributed by atoms with E-state index in [1.807, 2.05) is 0 Å². The first kappa shape index (κ1) is 20.9. The molecule has 0 saturated carbocycles. The maximum absolute atomic E-state index is 7.26. The molecule has 0 heterocycles. The average molecular weight is 386 g/mol. The van der Waals surface area contributed by atoms with E-state index in [2.05, 4.69) is 132 Å². The SMILES string of the molecule is [Li]/[CH]=C/C(OC(c1ccccc1)(c1ccccc1)c1ccccc1)C1CC=CCC1. The van der Waals surface area contributed by atoms with Gasteiger partial charge in [0.15, 0.2) is 0 Å². The third-order valence-corrected chi connectivity index (χ3v) is 6.01.